The molecule has 0 radical (unpaired) electrons. The molecule has 1 aromatic carbocycles. The van der Waals surface area contributed by atoms with Crippen molar-refractivity contribution in [2.75, 3.05) is 14.1 Å². The number of hydrogen-bond acceptors (Lipinski definition) is 4. The minimum atomic E-state index is -0.624. The number of hydrogen-bond donors (Lipinski definition) is 0. The van der Waals surface area contributed by atoms with E-state index in [2.05, 4.69) is 0 Å². The van der Waals surface area contributed by atoms with Gasteiger partial charge in [-0.2, -0.15) is 5.26 Å². The van der Waals surface area contributed by atoms with Crippen LogP contribution in [0.2, 0.25) is 5.02 Å². The summed E-state index contributed by atoms with van der Waals surface area (Å²) in [5.41, 5.74) is 1.23. The first kappa shape index (κ1) is 13.2. The summed E-state index contributed by atoms with van der Waals surface area (Å²) in [7, 11) is 3.62. The molecular formula is C14H11ClN2O2. The van der Waals surface area contributed by atoms with Crippen molar-refractivity contribution in [1.82, 2.24) is 4.90 Å². The van der Waals surface area contributed by atoms with E-state index in [9.17, 15) is 4.79 Å². The van der Waals surface area contributed by atoms with Crippen LogP contribution in [0.3, 0.4) is 0 Å². The first-order valence-electron chi connectivity index (χ1n) is 5.54. The third-order valence-corrected chi connectivity index (χ3v) is 2.78. The molecule has 0 saturated carbocycles. The predicted molar refractivity (Wildman–Crippen MR) is 71.8 cm³/mol. The van der Waals surface area contributed by atoms with Gasteiger partial charge in [0.25, 0.3) is 0 Å². The van der Waals surface area contributed by atoms with Gasteiger partial charge in [-0.3, -0.25) is 0 Å². The van der Waals surface area contributed by atoms with Crippen LogP contribution in [0.5, 0.6) is 0 Å². The zero-order valence-corrected chi connectivity index (χ0v) is 11.2. The van der Waals surface area contributed by atoms with Crippen molar-refractivity contribution >= 4 is 23.1 Å². The van der Waals surface area contributed by atoms with Gasteiger partial charge in [-0.15, -0.1) is 0 Å². The van der Waals surface area contributed by atoms with Crippen molar-refractivity contribution in [2.45, 2.75) is 0 Å². The molecule has 0 amide bonds. The maximum absolute atomic E-state index is 11.7. The first-order valence-corrected chi connectivity index (χ1v) is 5.92. The zero-order chi connectivity index (χ0) is 14.0. The zero-order valence-electron chi connectivity index (χ0n) is 10.5. The second-order valence-electron chi connectivity index (χ2n) is 4.22. The number of carbonyl (C=O) groups excluding carboxylic acids is 1. The van der Waals surface area contributed by atoms with Gasteiger partial charge in [0.05, 0.1) is 5.57 Å². The second-order valence-corrected chi connectivity index (χ2v) is 4.65. The molecule has 4 nitrogen and oxygen atoms in total. The molecular weight excluding hydrogens is 264 g/mol. The molecule has 0 spiro atoms. The number of allylic oxidation sites excluding steroid dienone is 1. The van der Waals surface area contributed by atoms with Crippen molar-refractivity contribution in [2.24, 2.45) is 0 Å². The SMILES string of the molecule is CN(C)/C=C1/OC(=O)C(C#N)=C1c1ccc(Cl)cc1. The third-order valence-electron chi connectivity index (χ3n) is 2.52. The van der Waals surface area contributed by atoms with Crippen LogP contribution in [-0.2, 0) is 9.53 Å². The van der Waals surface area contributed by atoms with Gasteiger partial charge in [-0.25, -0.2) is 4.79 Å². The van der Waals surface area contributed by atoms with Crippen molar-refractivity contribution in [1.29, 1.82) is 5.26 Å². The number of ether oxygens (including phenoxy) is 1. The van der Waals surface area contributed by atoms with E-state index in [0.717, 1.165) is 5.56 Å². The van der Waals surface area contributed by atoms with Gasteiger partial charge in [0, 0.05) is 25.3 Å². The number of halogens is 1. The van der Waals surface area contributed by atoms with Crippen molar-refractivity contribution < 1.29 is 9.53 Å². The lowest BCUT2D eigenvalue weighted by Gasteiger charge is -2.09. The van der Waals surface area contributed by atoms with Crippen molar-refractivity contribution in [3.63, 3.8) is 0 Å². The van der Waals surface area contributed by atoms with Crippen LogP contribution >= 0.6 is 11.6 Å². The lowest BCUT2D eigenvalue weighted by molar-refractivity contribution is -0.132. The molecule has 0 aliphatic carbocycles. The molecule has 0 N–H and O–H groups in total. The van der Waals surface area contributed by atoms with Gasteiger partial charge in [-0.1, -0.05) is 23.7 Å². The van der Waals surface area contributed by atoms with Crippen LogP contribution in [0.25, 0.3) is 5.57 Å². The summed E-state index contributed by atoms with van der Waals surface area (Å²) in [5, 5.41) is 9.69. The molecule has 0 aromatic heterocycles. The Kier molecular flexibility index (Phi) is 3.59. The van der Waals surface area contributed by atoms with E-state index in [-0.39, 0.29) is 5.57 Å². The van der Waals surface area contributed by atoms with E-state index in [4.69, 9.17) is 21.6 Å². The Morgan fingerprint density at radius 1 is 1.32 bits per heavy atom. The molecule has 2 rings (SSSR count). The molecule has 0 fully saturated rings. The highest BCUT2D eigenvalue weighted by Crippen LogP contribution is 2.34. The molecule has 0 saturated heterocycles. The largest absolute Gasteiger partial charge is 0.420 e. The molecule has 19 heavy (non-hydrogen) atoms. The molecule has 96 valence electrons. The summed E-state index contributed by atoms with van der Waals surface area (Å²) in [6.07, 6.45) is 1.66. The molecule has 0 unspecified atom stereocenters. The van der Waals surface area contributed by atoms with E-state index in [1.807, 2.05) is 20.2 Å². The third kappa shape index (κ3) is 2.61. The Morgan fingerprint density at radius 3 is 2.47 bits per heavy atom. The van der Waals surface area contributed by atoms with E-state index >= 15 is 0 Å². The number of esters is 1. The predicted octanol–water partition coefficient (Wildman–Crippen LogP) is 2.58. The topological polar surface area (TPSA) is 53.3 Å². The van der Waals surface area contributed by atoms with Gasteiger partial charge in [0.2, 0.25) is 0 Å². The fourth-order valence-electron chi connectivity index (χ4n) is 1.76. The van der Waals surface area contributed by atoms with Crippen LogP contribution in [0.1, 0.15) is 5.56 Å². The van der Waals surface area contributed by atoms with Gasteiger partial charge >= 0.3 is 5.97 Å². The standard InChI is InChI=1S/C14H11ClN2O2/c1-17(2)8-12-13(11(7-16)14(18)19-12)9-3-5-10(15)6-4-9/h3-6,8H,1-2H3/b12-8+. The molecule has 1 aliphatic rings. The monoisotopic (exact) mass is 274 g/mol. The van der Waals surface area contributed by atoms with Crippen molar-refractivity contribution in [3.8, 4) is 6.07 Å². The summed E-state index contributed by atoms with van der Waals surface area (Å²) in [6.45, 7) is 0. The fourth-order valence-corrected chi connectivity index (χ4v) is 1.88. The summed E-state index contributed by atoms with van der Waals surface area (Å²) >= 11 is 5.84. The van der Waals surface area contributed by atoms with Gasteiger partial charge in [0.1, 0.15) is 11.6 Å². The van der Waals surface area contributed by atoms with Crippen LogP contribution in [0.4, 0.5) is 0 Å². The molecule has 1 aromatic rings. The summed E-state index contributed by atoms with van der Waals surface area (Å²) < 4.78 is 5.12. The average molecular weight is 275 g/mol. The highest BCUT2D eigenvalue weighted by atomic mass is 35.5. The molecule has 1 heterocycles. The van der Waals surface area contributed by atoms with Crippen LogP contribution in [0, 0.1) is 11.3 Å². The number of cyclic esters (lactones) is 1. The van der Waals surface area contributed by atoms with Gasteiger partial charge < -0.3 is 9.64 Å². The van der Waals surface area contributed by atoms with E-state index < -0.39 is 5.97 Å². The fraction of sp³-hybridized carbons (Fsp3) is 0.143. The quantitative estimate of drug-likeness (QED) is 0.778. The van der Waals surface area contributed by atoms with Crippen molar-refractivity contribution in [3.05, 3.63) is 52.4 Å². The van der Waals surface area contributed by atoms with E-state index in [0.29, 0.717) is 16.4 Å². The van der Waals surface area contributed by atoms with Gasteiger partial charge in [-0.05, 0) is 17.7 Å². The lowest BCUT2D eigenvalue weighted by Crippen LogP contribution is -2.04. The number of carbonyl (C=O) groups is 1. The normalized spacial score (nSPS) is 16.5. The number of nitrogens with zero attached hydrogens (tertiary/aromatic N) is 2. The van der Waals surface area contributed by atoms with Crippen LogP contribution < -0.4 is 0 Å². The van der Waals surface area contributed by atoms with Crippen LogP contribution in [-0.4, -0.2) is 25.0 Å². The first-order chi connectivity index (χ1) is 9.02. The lowest BCUT2D eigenvalue weighted by atomic mass is 10.0. The molecule has 5 heteroatoms. The smallest absolute Gasteiger partial charge is 0.355 e. The Balaban J connectivity index is 2.59. The van der Waals surface area contributed by atoms with Crippen LogP contribution in [0.15, 0.2) is 41.8 Å². The molecule has 1 aliphatic heterocycles. The van der Waals surface area contributed by atoms with Gasteiger partial charge in [0.15, 0.2) is 5.76 Å². The Hall–Kier alpha value is -2.25. The summed E-state index contributed by atoms with van der Waals surface area (Å²) in [4.78, 5) is 13.4. The highest BCUT2D eigenvalue weighted by Gasteiger charge is 2.31. The number of rotatable bonds is 2. The molecule has 0 atom stereocenters. The Labute approximate surface area is 116 Å². The maximum Gasteiger partial charge on any atom is 0.355 e. The van der Waals surface area contributed by atoms with E-state index in [1.165, 1.54) is 0 Å². The van der Waals surface area contributed by atoms with E-state index in [1.54, 1.807) is 35.4 Å². The maximum atomic E-state index is 11.7. The second kappa shape index (κ2) is 5.17. The minimum Gasteiger partial charge on any atom is -0.420 e. The average Bonchev–Trinajstić information content (AvgIpc) is 2.65. The summed E-state index contributed by atoms with van der Waals surface area (Å²) in [6, 6.07) is 8.80. The molecule has 0 bridgehead atoms. The summed E-state index contributed by atoms with van der Waals surface area (Å²) in [5.74, 6) is -0.255. The Morgan fingerprint density at radius 2 is 1.95 bits per heavy atom. The Bertz CT molecular complexity index is 622. The number of nitriles is 1. The number of benzene rings is 1. The highest BCUT2D eigenvalue weighted by molar-refractivity contribution is 6.30. The minimum absolute atomic E-state index is 0.00965.